The van der Waals surface area contributed by atoms with E-state index >= 15 is 0 Å². The zero-order valence-corrected chi connectivity index (χ0v) is 20.5. The van der Waals surface area contributed by atoms with Crippen LogP contribution in [0.2, 0.25) is 0 Å². The van der Waals surface area contributed by atoms with Crippen LogP contribution in [-0.2, 0) is 11.2 Å². The van der Waals surface area contributed by atoms with E-state index in [4.69, 9.17) is 4.74 Å². The molecular weight excluding hydrogens is 580 g/mol. The zero-order valence-electron chi connectivity index (χ0n) is 16.2. The predicted molar refractivity (Wildman–Crippen MR) is 130 cm³/mol. The first-order valence-electron chi connectivity index (χ1n) is 9.48. The van der Waals surface area contributed by atoms with E-state index in [1.165, 1.54) is 44.6 Å². The summed E-state index contributed by atoms with van der Waals surface area (Å²) in [5.41, 5.74) is 2.35. The summed E-state index contributed by atoms with van der Waals surface area (Å²) >= 11 is 4.22. The van der Waals surface area contributed by atoms with Gasteiger partial charge in [-0.25, -0.2) is 0 Å². The van der Waals surface area contributed by atoms with Crippen LogP contribution in [0.15, 0.2) is 36.4 Å². The van der Waals surface area contributed by atoms with E-state index in [-0.39, 0.29) is 5.91 Å². The van der Waals surface area contributed by atoms with Crippen LogP contribution >= 0.6 is 45.2 Å². The Labute approximate surface area is 194 Å². The highest BCUT2D eigenvalue weighted by molar-refractivity contribution is 14.1. The van der Waals surface area contributed by atoms with Crippen molar-refractivity contribution in [1.82, 2.24) is 0 Å². The summed E-state index contributed by atoms with van der Waals surface area (Å²) in [5.74, 6) is -0.439. The zero-order chi connectivity index (χ0) is 20.5. The van der Waals surface area contributed by atoms with E-state index < -0.39 is 5.97 Å². The fourth-order valence-corrected chi connectivity index (χ4v) is 4.82. The molecule has 0 heterocycles. The van der Waals surface area contributed by atoms with Crippen molar-refractivity contribution in [3.05, 3.63) is 54.7 Å². The van der Waals surface area contributed by atoms with Crippen molar-refractivity contribution < 1.29 is 14.3 Å². The highest BCUT2D eigenvalue weighted by Crippen LogP contribution is 2.29. The Hall–Kier alpha value is -1.16. The molecule has 0 aliphatic carbocycles. The van der Waals surface area contributed by atoms with Gasteiger partial charge in [-0.3, -0.25) is 9.59 Å². The maximum atomic E-state index is 12.8. The lowest BCUT2D eigenvalue weighted by Crippen LogP contribution is -2.16. The van der Waals surface area contributed by atoms with Gasteiger partial charge in [0.25, 0.3) is 5.91 Å². The first-order valence-corrected chi connectivity index (χ1v) is 11.6. The number of benzene rings is 2. The third-order valence-corrected chi connectivity index (χ3v) is 5.70. The van der Waals surface area contributed by atoms with E-state index in [0.717, 1.165) is 19.2 Å². The predicted octanol–water partition coefficient (Wildman–Crippen LogP) is 6.59. The lowest BCUT2D eigenvalue weighted by atomic mass is 10.1. The van der Waals surface area contributed by atoms with Crippen molar-refractivity contribution in [3.63, 3.8) is 0 Å². The molecule has 0 unspecified atom stereocenters. The van der Waals surface area contributed by atoms with Gasteiger partial charge in [0.15, 0.2) is 5.75 Å². The summed E-state index contributed by atoms with van der Waals surface area (Å²) in [7, 11) is 0. The molecule has 0 saturated heterocycles. The van der Waals surface area contributed by atoms with Gasteiger partial charge in [-0.2, -0.15) is 0 Å². The molecule has 0 bridgehead atoms. The van der Waals surface area contributed by atoms with Crippen molar-refractivity contribution in [2.75, 3.05) is 5.32 Å². The number of esters is 1. The van der Waals surface area contributed by atoms with Crippen molar-refractivity contribution in [2.24, 2.45) is 0 Å². The van der Waals surface area contributed by atoms with Gasteiger partial charge in [0.05, 0.1) is 9.13 Å². The number of carbonyl (C=O) groups is 2. The number of amides is 1. The molecule has 2 rings (SSSR count). The maximum absolute atomic E-state index is 12.8. The topological polar surface area (TPSA) is 55.4 Å². The number of ether oxygens (including phenoxy) is 1. The maximum Gasteiger partial charge on any atom is 0.308 e. The average molecular weight is 605 g/mol. The van der Waals surface area contributed by atoms with Gasteiger partial charge in [-0.05, 0) is 87.9 Å². The molecule has 0 fully saturated rings. The summed E-state index contributed by atoms with van der Waals surface area (Å²) < 4.78 is 6.90. The summed E-state index contributed by atoms with van der Waals surface area (Å²) in [6.45, 7) is 3.55. The number of hydrogen-bond acceptors (Lipinski definition) is 3. The lowest BCUT2D eigenvalue weighted by molar-refractivity contribution is -0.131. The SMILES string of the molecule is CCCCCCCc1ccc(NC(=O)c2cc(I)cc(I)c2OC(C)=O)cc1. The monoisotopic (exact) mass is 605 g/mol. The van der Waals surface area contributed by atoms with Crippen molar-refractivity contribution >= 4 is 62.7 Å². The van der Waals surface area contributed by atoms with Crippen LogP contribution in [0, 0.1) is 7.14 Å². The molecular formula is C22H25I2NO3. The first kappa shape index (κ1) is 23.1. The van der Waals surface area contributed by atoms with Crippen LogP contribution < -0.4 is 10.1 Å². The standard InChI is InChI=1S/C22H25I2NO3/c1-3-4-5-6-7-8-16-9-11-18(12-10-16)25-22(27)19-13-17(23)14-20(24)21(19)28-15(2)26/h9-14H,3-8H2,1-2H3,(H,25,27). The van der Waals surface area contributed by atoms with Crippen LogP contribution in [0.1, 0.15) is 61.9 Å². The third-order valence-electron chi connectivity index (χ3n) is 4.28. The molecule has 0 spiro atoms. The van der Waals surface area contributed by atoms with E-state index in [2.05, 4.69) is 69.6 Å². The van der Waals surface area contributed by atoms with Gasteiger partial charge in [-0.1, -0.05) is 44.7 Å². The van der Waals surface area contributed by atoms with E-state index in [1.807, 2.05) is 18.2 Å². The molecule has 4 nitrogen and oxygen atoms in total. The van der Waals surface area contributed by atoms with Gasteiger partial charge < -0.3 is 10.1 Å². The number of unbranched alkanes of at least 4 members (excludes halogenated alkanes) is 4. The van der Waals surface area contributed by atoms with E-state index in [9.17, 15) is 9.59 Å². The minimum atomic E-state index is -0.448. The second-order valence-electron chi connectivity index (χ2n) is 6.67. The molecule has 0 aliphatic rings. The quantitative estimate of drug-likeness (QED) is 0.152. The fraction of sp³-hybridized carbons (Fsp3) is 0.364. The number of hydrogen-bond donors (Lipinski definition) is 1. The Kier molecular flexibility index (Phi) is 9.70. The minimum absolute atomic E-state index is 0.292. The molecule has 28 heavy (non-hydrogen) atoms. The molecule has 0 atom stereocenters. The van der Waals surface area contributed by atoms with Crippen LogP contribution in [-0.4, -0.2) is 11.9 Å². The van der Waals surface area contributed by atoms with Gasteiger partial charge in [0.1, 0.15) is 0 Å². The number of carbonyl (C=O) groups excluding carboxylic acids is 2. The number of anilines is 1. The average Bonchev–Trinajstić information content (AvgIpc) is 2.64. The summed E-state index contributed by atoms with van der Waals surface area (Å²) in [6.07, 6.45) is 7.37. The Morgan fingerprint density at radius 3 is 2.32 bits per heavy atom. The molecule has 1 amide bonds. The number of rotatable bonds is 9. The van der Waals surface area contributed by atoms with Crippen LogP contribution in [0.3, 0.4) is 0 Å². The van der Waals surface area contributed by atoms with Crippen LogP contribution in [0.4, 0.5) is 5.69 Å². The summed E-state index contributed by atoms with van der Waals surface area (Å²) in [5, 5.41) is 2.90. The lowest BCUT2D eigenvalue weighted by Gasteiger charge is -2.12. The summed E-state index contributed by atoms with van der Waals surface area (Å²) in [4.78, 5) is 24.2. The Morgan fingerprint density at radius 1 is 1.00 bits per heavy atom. The molecule has 0 aromatic heterocycles. The number of nitrogens with one attached hydrogen (secondary N) is 1. The fourth-order valence-electron chi connectivity index (χ4n) is 2.86. The molecule has 2 aromatic carbocycles. The molecule has 1 N–H and O–H groups in total. The normalized spacial score (nSPS) is 10.6. The van der Waals surface area contributed by atoms with Crippen LogP contribution in [0.5, 0.6) is 5.75 Å². The second kappa shape index (κ2) is 11.7. The van der Waals surface area contributed by atoms with Crippen molar-refractivity contribution in [1.29, 1.82) is 0 Å². The third kappa shape index (κ3) is 7.35. The molecule has 0 radical (unpaired) electrons. The van der Waals surface area contributed by atoms with Gasteiger partial charge >= 0.3 is 5.97 Å². The molecule has 0 saturated carbocycles. The smallest absolute Gasteiger partial charge is 0.308 e. The highest BCUT2D eigenvalue weighted by atomic mass is 127. The Morgan fingerprint density at radius 2 is 1.68 bits per heavy atom. The number of halogens is 2. The van der Waals surface area contributed by atoms with Gasteiger partial charge in [0.2, 0.25) is 0 Å². The molecule has 150 valence electrons. The van der Waals surface area contributed by atoms with Crippen molar-refractivity contribution in [3.8, 4) is 5.75 Å². The molecule has 6 heteroatoms. The summed E-state index contributed by atoms with van der Waals surface area (Å²) in [6, 6.07) is 11.5. The molecule has 2 aromatic rings. The van der Waals surface area contributed by atoms with Gasteiger partial charge in [-0.15, -0.1) is 0 Å². The second-order valence-corrected chi connectivity index (χ2v) is 9.08. The van der Waals surface area contributed by atoms with Crippen molar-refractivity contribution in [2.45, 2.75) is 52.4 Å². The highest BCUT2D eigenvalue weighted by Gasteiger charge is 2.18. The largest absolute Gasteiger partial charge is 0.425 e. The van der Waals surface area contributed by atoms with E-state index in [1.54, 1.807) is 6.07 Å². The van der Waals surface area contributed by atoms with E-state index in [0.29, 0.717) is 11.3 Å². The van der Waals surface area contributed by atoms with Crippen LogP contribution in [0.25, 0.3) is 0 Å². The first-order chi connectivity index (χ1) is 13.4. The molecule has 0 aliphatic heterocycles. The van der Waals surface area contributed by atoms with Gasteiger partial charge in [0, 0.05) is 16.2 Å². The Bertz CT molecular complexity index is 819. The number of aryl methyl sites for hydroxylation is 1. The minimum Gasteiger partial charge on any atom is -0.425 e. The Balaban J connectivity index is 2.04.